The molecule has 28 heavy (non-hydrogen) atoms. The maximum absolute atomic E-state index is 13.6. The first-order valence-electron chi connectivity index (χ1n) is 7.75. The molecule has 0 unspecified atom stereocenters. The van der Waals surface area contributed by atoms with E-state index in [1.54, 1.807) is 0 Å². The lowest BCUT2D eigenvalue weighted by Crippen LogP contribution is -2.23. The molecule has 4 N–H and O–H groups in total. The fourth-order valence-corrected chi connectivity index (χ4v) is 4.13. The number of amides is 1. The van der Waals surface area contributed by atoms with Crippen molar-refractivity contribution in [3.05, 3.63) is 63.7 Å². The van der Waals surface area contributed by atoms with Crippen molar-refractivity contribution in [3.8, 4) is 5.88 Å². The maximum atomic E-state index is 13.6. The van der Waals surface area contributed by atoms with Gasteiger partial charge in [-0.2, -0.15) is 4.98 Å². The van der Waals surface area contributed by atoms with Gasteiger partial charge in [0.1, 0.15) is 10.7 Å². The third kappa shape index (κ3) is 3.26. The highest BCUT2D eigenvalue weighted by Crippen LogP contribution is 2.35. The van der Waals surface area contributed by atoms with Crippen molar-refractivity contribution in [2.24, 2.45) is 10.1 Å². The molecular weight excluding hydrogens is 407 g/mol. The molecule has 0 aliphatic carbocycles. The average Bonchev–Trinajstić information content (AvgIpc) is 3.12. The maximum Gasteiger partial charge on any atom is 0.279 e. The van der Waals surface area contributed by atoms with Gasteiger partial charge in [-0.1, -0.05) is 11.3 Å². The molecule has 1 aliphatic heterocycles. The van der Waals surface area contributed by atoms with Crippen LogP contribution in [0.25, 0.3) is 5.57 Å². The van der Waals surface area contributed by atoms with E-state index in [1.807, 2.05) is 0 Å². The molecule has 142 valence electrons. The van der Waals surface area contributed by atoms with Crippen LogP contribution in [0.5, 0.6) is 5.88 Å². The molecule has 1 aromatic heterocycles. The minimum absolute atomic E-state index is 0.0481. The van der Waals surface area contributed by atoms with E-state index in [1.165, 1.54) is 42.5 Å². The Hall–Kier alpha value is -3.15. The number of anilines is 2. The van der Waals surface area contributed by atoms with Gasteiger partial charge in [0.05, 0.1) is 15.8 Å². The molecule has 1 aliphatic rings. The zero-order chi connectivity index (χ0) is 20.1. The number of aromatic nitrogens is 1. The summed E-state index contributed by atoms with van der Waals surface area (Å²) in [5.74, 6) is -1.52. The molecular formula is C17H11FN4O4S2. The quantitative estimate of drug-likeness (QED) is 0.572. The summed E-state index contributed by atoms with van der Waals surface area (Å²) in [5, 5.41) is 19.0. The molecule has 1 amide bonds. The topological polar surface area (TPSA) is 135 Å². The van der Waals surface area contributed by atoms with E-state index in [9.17, 15) is 22.7 Å². The summed E-state index contributed by atoms with van der Waals surface area (Å²) in [4.78, 5) is 20.2. The summed E-state index contributed by atoms with van der Waals surface area (Å²) in [6.45, 7) is 0. The smallest absolute Gasteiger partial charge is 0.279 e. The monoisotopic (exact) mass is 418 g/mol. The molecule has 0 bridgehead atoms. The lowest BCUT2D eigenvalue weighted by molar-refractivity contribution is -0.112. The van der Waals surface area contributed by atoms with Gasteiger partial charge in [0.2, 0.25) is 15.9 Å². The summed E-state index contributed by atoms with van der Waals surface area (Å²) in [5.41, 5.74) is 0.564. The highest BCUT2D eigenvalue weighted by atomic mass is 32.2. The number of nitrogens with two attached hydrogens (primary N) is 1. The van der Waals surface area contributed by atoms with E-state index in [0.717, 1.165) is 11.3 Å². The molecule has 0 radical (unpaired) electrons. The van der Waals surface area contributed by atoms with Crippen LogP contribution in [0.2, 0.25) is 0 Å². The number of hydrogen-bond acceptors (Lipinski definition) is 7. The Morgan fingerprint density at radius 3 is 2.54 bits per heavy atom. The fourth-order valence-electron chi connectivity index (χ4n) is 2.69. The van der Waals surface area contributed by atoms with Gasteiger partial charge < -0.3 is 10.4 Å². The largest absolute Gasteiger partial charge is 0.492 e. The van der Waals surface area contributed by atoms with E-state index < -0.39 is 27.6 Å². The third-order valence-corrected chi connectivity index (χ3v) is 5.84. The molecule has 0 saturated carbocycles. The average molecular weight is 418 g/mol. The summed E-state index contributed by atoms with van der Waals surface area (Å²) < 4.78 is 36.2. The van der Waals surface area contributed by atoms with Crippen LogP contribution < -0.4 is 21.0 Å². The second-order valence-corrected chi connectivity index (χ2v) is 8.38. The Balaban J connectivity index is 1.71. The SMILES string of the molecule is NS(=O)(=O)c1ccc(Nc2nc(O)c(C3=c4cc(F)ccc4=NC3=O)s2)cc1. The standard InChI is InChI=1S/C17H11FN4O4S2/c18-8-1-6-12-11(7-8)13(15(23)21-12)14-16(24)22-17(27-14)20-9-2-4-10(5-3-9)28(19,25)26/h1-7,24H,(H,20,22)(H2,19,25,26). The number of carbonyl (C=O) groups excluding carboxylic acids is 1. The molecule has 3 aromatic rings. The highest BCUT2D eigenvalue weighted by Gasteiger charge is 2.25. The molecule has 0 spiro atoms. The van der Waals surface area contributed by atoms with Crippen molar-refractivity contribution < 1.29 is 22.7 Å². The van der Waals surface area contributed by atoms with E-state index in [4.69, 9.17) is 5.14 Å². The molecule has 0 fully saturated rings. The van der Waals surface area contributed by atoms with Gasteiger partial charge in [-0.25, -0.2) is 22.9 Å². The Morgan fingerprint density at radius 1 is 1.14 bits per heavy atom. The van der Waals surface area contributed by atoms with Gasteiger partial charge in [-0.3, -0.25) is 4.79 Å². The van der Waals surface area contributed by atoms with Gasteiger partial charge in [-0.05, 0) is 42.5 Å². The van der Waals surface area contributed by atoms with E-state index >= 15 is 0 Å². The third-order valence-electron chi connectivity index (χ3n) is 3.93. The van der Waals surface area contributed by atoms with Crippen LogP contribution in [0.3, 0.4) is 0 Å². The lowest BCUT2D eigenvalue weighted by Gasteiger charge is -2.03. The number of sulfonamides is 1. The van der Waals surface area contributed by atoms with Crippen molar-refractivity contribution >= 4 is 43.7 Å². The van der Waals surface area contributed by atoms with Crippen LogP contribution >= 0.6 is 11.3 Å². The molecule has 8 nitrogen and oxygen atoms in total. The molecule has 2 aromatic carbocycles. The number of fused-ring (bicyclic) bond motifs is 1. The number of hydrogen-bond donors (Lipinski definition) is 3. The summed E-state index contributed by atoms with van der Waals surface area (Å²) in [6, 6.07) is 9.36. The highest BCUT2D eigenvalue weighted by molar-refractivity contribution is 7.89. The Bertz CT molecular complexity index is 1350. The van der Waals surface area contributed by atoms with Gasteiger partial charge >= 0.3 is 0 Å². The van der Waals surface area contributed by atoms with Crippen LogP contribution in [-0.2, 0) is 14.8 Å². The molecule has 2 heterocycles. The minimum Gasteiger partial charge on any atom is -0.492 e. The lowest BCUT2D eigenvalue weighted by atomic mass is 10.1. The van der Waals surface area contributed by atoms with Crippen LogP contribution in [-0.4, -0.2) is 24.4 Å². The van der Waals surface area contributed by atoms with Crippen molar-refractivity contribution in [1.29, 1.82) is 0 Å². The van der Waals surface area contributed by atoms with Gasteiger partial charge in [0.15, 0.2) is 5.13 Å². The number of carbonyl (C=O) groups is 1. The van der Waals surface area contributed by atoms with Crippen LogP contribution in [0, 0.1) is 5.82 Å². The van der Waals surface area contributed by atoms with E-state index in [-0.39, 0.29) is 25.7 Å². The van der Waals surface area contributed by atoms with Crippen molar-refractivity contribution in [1.82, 2.24) is 4.98 Å². The number of nitrogens with one attached hydrogen (secondary N) is 1. The van der Waals surface area contributed by atoms with Crippen LogP contribution in [0.15, 0.2) is 52.4 Å². The van der Waals surface area contributed by atoms with E-state index in [2.05, 4.69) is 15.3 Å². The Kier molecular flexibility index (Phi) is 4.22. The van der Waals surface area contributed by atoms with Crippen molar-refractivity contribution in [2.45, 2.75) is 4.90 Å². The number of rotatable bonds is 4. The second-order valence-electron chi connectivity index (χ2n) is 5.82. The summed E-state index contributed by atoms with van der Waals surface area (Å²) in [6.07, 6.45) is 0. The molecule has 0 atom stereocenters. The molecule has 0 saturated heterocycles. The van der Waals surface area contributed by atoms with Gasteiger partial charge in [0.25, 0.3) is 5.91 Å². The summed E-state index contributed by atoms with van der Waals surface area (Å²) in [7, 11) is -3.81. The first kappa shape index (κ1) is 18.2. The van der Waals surface area contributed by atoms with Gasteiger partial charge in [-0.15, -0.1) is 0 Å². The first-order valence-corrected chi connectivity index (χ1v) is 10.1. The second kappa shape index (κ2) is 6.48. The fraction of sp³-hybridized carbons (Fsp3) is 0. The van der Waals surface area contributed by atoms with Crippen molar-refractivity contribution in [3.63, 3.8) is 0 Å². The Morgan fingerprint density at radius 2 is 1.86 bits per heavy atom. The number of thiazole rings is 1. The summed E-state index contributed by atoms with van der Waals surface area (Å²) >= 11 is 0.979. The Labute approximate surface area is 161 Å². The molecule has 4 rings (SSSR count). The van der Waals surface area contributed by atoms with Crippen LogP contribution in [0.4, 0.5) is 15.2 Å². The van der Waals surface area contributed by atoms with Gasteiger partial charge in [0, 0.05) is 10.9 Å². The number of benzene rings is 2. The number of aromatic hydroxyl groups is 1. The number of halogens is 1. The molecule has 11 heteroatoms. The zero-order valence-corrected chi connectivity index (χ0v) is 15.5. The number of nitrogens with zero attached hydrogens (tertiary/aromatic N) is 2. The number of primary sulfonamides is 1. The van der Waals surface area contributed by atoms with Crippen molar-refractivity contribution in [2.75, 3.05) is 5.32 Å². The predicted octanol–water partition coefficient (Wildman–Crippen LogP) is 0.738. The van der Waals surface area contributed by atoms with E-state index in [0.29, 0.717) is 11.0 Å². The zero-order valence-electron chi connectivity index (χ0n) is 13.9. The normalized spacial score (nSPS) is 13.4. The van der Waals surface area contributed by atoms with Crippen LogP contribution in [0.1, 0.15) is 4.88 Å². The minimum atomic E-state index is -3.81. The predicted molar refractivity (Wildman–Crippen MR) is 99.6 cm³/mol. The first-order chi connectivity index (χ1) is 13.2.